The number of benzene rings is 2. The van der Waals surface area contributed by atoms with Crippen LogP contribution in [0.15, 0.2) is 36.4 Å². The van der Waals surface area contributed by atoms with Crippen molar-refractivity contribution >= 4 is 11.6 Å². The van der Waals surface area contributed by atoms with Crippen molar-refractivity contribution in [2.24, 2.45) is 0 Å². The quantitative estimate of drug-likeness (QED) is 0.715. The zero-order valence-electron chi connectivity index (χ0n) is 16.6. The highest BCUT2D eigenvalue weighted by molar-refractivity contribution is 5.93. The molecule has 0 radical (unpaired) electrons. The molecular weight excluding hydrogens is 324 g/mol. The minimum atomic E-state index is 0.0529. The molecule has 4 heteroatoms. The number of anilines is 1. The topological polar surface area (TPSA) is 42.8 Å². The summed E-state index contributed by atoms with van der Waals surface area (Å²) in [7, 11) is 2.04. The van der Waals surface area contributed by atoms with Gasteiger partial charge in [-0.3, -0.25) is 4.79 Å². The van der Waals surface area contributed by atoms with E-state index < -0.39 is 0 Å². The van der Waals surface area contributed by atoms with Crippen LogP contribution in [0.5, 0.6) is 5.75 Å². The zero-order valence-corrected chi connectivity index (χ0v) is 16.6. The van der Waals surface area contributed by atoms with Gasteiger partial charge in [0.25, 0.3) is 5.91 Å². The molecule has 0 aliphatic rings. The highest BCUT2D eigenvalue weighted by Gasteiger charge is 2.13. The van der Waals surface area contributed by atoms with E-state index in [1.54, 1.807) is 0 Å². The van der Waals surface area contributed by atoms with Gasteiger partial charge in [-0.25, -0.2) is 0 Å². The van der Waals surface area contributed by atoms with E-state index in [1.165, 1.54) is 16.0 Å². The van der Waals surface area contributed by atoms with Gasteiger partial charge in [-0.15, -0.1) is 0 Å². The Bertz CT molecular complexity index is 733. The van der Waals surface area contributed by atoms with Crippen LogP contribution in [0.1, 0.15) is 28.7 Å². The summed E-state index contributed by atoms with van der Waals surface area (Å²) in [5.41, 5.74) is 5.58. The van der Waals surface area contributed by atoms with Crippen LogP contribution in [-0.4, -0.2) is 32.7 Å². The Labute approximate surface area is 157 Å². The van der Waals surface area contributed by atoms with Crippen LogP contribution in [-0.2, 0) is 4.79 Å². The zero-order chi connectivity index (χ0) is 19.1. The van der Waals surface area contributed by atoms with E-state index in [0.717, 1.165) is 35.5 Å². The van der Waals surface area contributed by atoms with Crippen molar-refractivity contribution < 1.29 is 14.4 Å². The van der Waals surface area contributed by atoms with Gasteiger partial charge in [0.2, 0.25) is 0 Å². The van der Waals surface area contributed by atoms with Crippen LogP contribution in [0, 0.1) is 27.7 Å². The monoisotopic (exact) mass is 355 g/mol. The third-order valence-corrected chi connectivity index (χ3v) is 4.41. The van der Waals surface area contributed by atoms with Crippen LogP contribution in [0.4, 0.5) is 5.69 Å². The number of nitrogens with one attached hydrogen (secondary N) is 2. The summed E-state index contributed by atoms with van der Waals surface area (Å²) in [6, 6.07) is 12.3. The third-order valence-electron chi connectivity index (χ3n) is 4.41. The van der Waals surface area contributed by atoms with E-state index >= 15 is 0 Å². The number of hydrogen-bond donors (Lipinski definition) is 2. The van der Waals surface area contributed by atoms with Crippen LogP contribution in [0.25, 0.3) is 0 Å². The molecule has 0 saturated carbocycles. The van der Waals surface area contributed by atoms with E-state index in [2.05, 4.69) is 37.4 Å². The minimum absolute atomic E-state index is 0.0529. The first-order chi connectivity index (χ1) is 12.3. The molecule has 0 spiro atoms. The molecule has 0 fully saturated rings. The molecule has 26 heavy (non-hydrogen) atoms. The van der Waals surface area contributed by atoms with Gasteiger partial charge in [-0.05, 0) is 56.5 Å². The van der Waals surface area contributed by atoms with Crippen LogP contribution < -0.4 is 15.0 Å². The summed E-state index contributed by atoms with van der Waals surface area (Å²) in [4.78, 5) is 13.5. The predicted octanol–water partition coefficient (Wildman–Crippen LogP) is 2.84. The molecule has 0 bridgehead atoms. The van der Waals surface area contributed by atoms with Gasteiger partial charge >= 0.3 is 0 Å². The molecule has 2 rings (SSSR count). The maximum Gasteiger partial charge on any atom is 0.279 e. The smallest absolute Gasteiger partial charge is 0.279 e. The van der Waals surface area contributed by atoms with Crippen molar-refractivity contribution in [1.82, 2.24) is 0 Å². The summed E-state index contributed by atoms with van der Waals surface area (Å²) < 4.78 is 5.77. The lowest BCUT2D eigenvalue weighted by Gasteiger charge is -2.16. The van der Waals surface area contributed by atoms with Gasteiger partial charge in [0, 0.05) is 12.1 Å². The van der Waals surface area contributed by atoms with Crippen LogP contribution in [0.3, 0.4) is 0 Å². The van der Waals surface area contributed by atoms with Crippen molar-refractivity contribution in [2.45, 2.75) is 34.1 Å². The van der Waals surface area contributed by atoms with Gasteiger partial charge in [0.05, 0.1) is 20.2 Å². The van der Waals surface area contributed by atoms with Crippen LogP contribution >= 0.6 is 0 Å². The molecule has 140 valence electrons. The molecule has 2 aromatic carbocycles. The Balaban J connectivity index is 1.74. The molecule has 0 aliphatic carbocycles. The lowest BCUT2D eigenvalue weighted by Crippen LogP contribution is -3.10. The molecule has 4 nitrogen and oxygen atoms in total. The fourth-order valence-electron chi connectivity index (χ4n) is 3.19. The van der Waals surface area contributed by atoms with Crippen molar-refractivity contribution in [3.8, 4) is 5.75 Å². The molecule has 2 N–H and O–H groups in total. The maximum absolute atomic E-state index is 12.3. The van der Waals surface area contributed by atoms with E-state index in [4.69, 9.17) is 4.74 Å². The van der Waals surface area contributed by atoms with Crippen molar-refractivity contribution in [3.05, 3.63) is 58.7 Å². The minimum Gasteiger partial charge on any atom is -0.493 e. The number of quaternary nitrogens is 1. The number of likely N-dealkylation sites (N-methyl/N-ethyl adjacent to an activating group) is 1. The first-order valence-electron chi connectivity index (χ1n) is 9.23. The number of aryl methyl sites for hydroxylation is 4. The predicted molar refractivity (Wildman–Crippen MR) is 107 cm³/mol. The first kappa shape index (κ1) is 20.0. The molecule has 0 aromatic heterocycles. The Morgan fingerprint density at radius 1 is 1.04 bits per heavy atom. The number of carbonyl (C=O) groups excluding carboxylic acids is 1. The third kappa shape index (κ3) is 6.19. The average Bonchev–Trinajstić information content (AvgIpc) is 2.55. The van der Waals surface area contributed by atoms with Gasteiger partial charge in [0.15, 0.2) is 6.54 Å². The Hall–Kier alpha value is -2.33. The number of hydrogen-bond acceptors (Lipinski definition) is 2. The maximum atomic E-state index is 12.3. The number of amides is 1. The van der Waals surface area contributed by atoms with Crippen molar-refractivity contribution in [2.75, 3.05) is 32.1 Å². The highest BCUT2D eigenvalue weighted by atomic mass is 16.5. The Morgan fingerprint density at radius 3 is 2.38 bits per heavy atom. The molecule has 2 aromatic rings. The molecular formula is C22H31N2O2+. The van der Waals surface area contributed by atoms with Crippen molar-refractivity contribution in [3.63, 3.8) is 0 Å². The molecule has 0 heterocycles. The second kappa shape index (κ2) is 9.39. The summed E-state index contributed by atoms with van der Waals surface area (Å²) >= 11 is 0. The van der Waals surface area contributed by atoms with Crippen LogP contribution in [0.2, 0.25) is 0 Å². The summed E-state index contributed by atoms with van der Waals surface area (Å²) in [5, 5.41) is 3.07. The summed E-state index contributed by atoms with van der Waals surface area (Å²) in [6.07, 6.45) is 0.912. The second-order valence-corrected chi connectivity index (χ2v) is 7.22. The largest absolute Gasteiger partial charge is 0.493 e. The second-order valence-electron chi connectivity index (χ2n) is 7.22. The van der Waals surface area contributed by atoms with E-state index in [-0.39, 0.29) is 5.91 Å². The van der Waals surface area contributed by atoms with Gasteiger partial charge < -0.3 is 15.0 Å². The Kier molecular flexibility index (Phi) is 7.22. The lowest BCUT2D eigenvalue weighted by atomic mass is 10.1. The Morgan fingerprint density at radius 2 is 1.73 bits per heavy atom. The SMILES string of the molecule is Cc1cccc(OCCC[NH+](C)CC(=O)Nc2c(C)cc(C)cc2C)c1. The van der Waals surface area contributed by atoms with Gasteiger partial charge in [-0.1, -0.05) is 29.8 Å². The molecule has 1 amide bonds. The summed E-state index contributed by atoms with van der Waals surface area (Å²) in [6.45, 7) is 10.2. The molecule has 0 saturated heterocycles. The van der Waals surface area contributed by atoms with E-state index in [1.807, 2.05) is 39.1 Å². The van der Waals surface area contributed by atoms with E-state index in [9.17, 15) is 4.79 Å². The average molecular weight is 356 g/mol. The molecule has 1 unspecified atom stereocenters. The number of ether oxygens (including phenoxy) is 1. The fourth-order valence-corrected chi connectivity index (χ4v) is 3.19. The van der Waals surface area contributed by atoms with Gasteiger partial charge in [-0.2, -0.15) is 0 Å². The fraction of sp³-hybridized carbons (Fsp3) is 0.409. The standard InChI is InChI=1S/C22H30N2O2/c1-16-8-6-9-20(14-16)26-11-7-10-24(5)15-21(25)23-22-18(3)12-17(2)13-19(22)4/h6,8-9,12-14H,7,10-11,15H2,1-5H3,(H,23,25)/p+1. The first-order valence-corrected chi connectivity index (χ1v) is 9.23. The van der Waals surface area contributed by atoms with E-state index in [0.29, 0.717) is 13.2 Å². The van der Waals surface area contributed by atoms with Gasteiger partial charge in [0.1, 0.15) is 5.75 Å². The molecule has 0 aliphatic heterocycles. The molecule has 1 atom stereocenters. The lowest BCUT2D eigenvalue weighted by molar-refractivity contribution is -0.871. The highest BCUT2D eigenvalue weighted by Crippen LogP contribution is 2.21. The normalized spacial score (nSPS) is 11.9. The number of carbonyl (C=O) groups is 1. The van der Waals surface area contributed by atoms with Crippen molar-refractivity contribution in [1.29, 1.82) is 0 Å². The number of rotatable bonds is 8. The summed E-state index contributed by atoms with van der Waals surface area (Å²) in [5.74, 6) is 0.961.